The Labute approximate surface area is 242 Å². The highest BCUT2D eigenvalue weighted by Gasteiger charge is 2.25. The summed E-state index contributed by atoms with van der Waals surface area (Å²) in [4.78, 5) is 33.2. The quantitative estimate of drug-likeness (QED) is 0.107. The molecule has 0 aliphatic rings. The van der Waals surface area contributed by atoms with Gasteiger partial charge in [-0.15, -0.1) is 11.3 Å². The van der Waals surface area contributed by atoms with Crippen molar-refractivity contribution in [2.75, 3.05) is 18.4 Å². The van der Waals surface area contributed by atoms with Crippen LogP contribution in [0.4, 0.5) is 21.9 Å². The molecule has 4 aromatic rings. The Morgan fingerprint density at radius 1 is 0.902 bits per heavy atom. The summed E-state index contributed by atoms with van der Waals surface area (Å²) in [6.45, 7) is -0.0445. The normalized spacial score (nSPS) is 11.0. The van der Waals surface area contributed by atoms with E-state index in [1.54, 1.807) is 54.6 Å². The van der Waals surface area contributed by atoms with Crippen LogP contribution in [0, 0.1) is 20.2 Å². The fraction of sp³-hybridized carbons (Fsp3) is 0.0800. The molecule has 0 spiro atoms. The molecule has 3 aromatic carbocycles. The van der Waals surface area contributed by atoms with Gasteiger partial charge in [-0.05, 0) is 54.6 Å². The molecule has 3 N–H and O–H groups in total. The van der Waals surface area contributed by atoms with Gasteiger partial charge in [0.25, 0.3) is 0 Å². The smallest absolute Gasteiger partial charge is 0.349 e. The molecule has 1 heterocycles. The van der Waals surface area contributed by atoms with E-state index >= 15 is 0 Å². The maximum atomic E-state index is 12.8. The van der Waals surface area contributed by atoms with Crippen molar-refractivity contribution in [3.05, 3.63) is 104 Å². The van der Waals surface area contributed by atoms with E-state index in [4.69, 9.17) is 16.3 Å². The second-order valence-corrected chi connectivity index (χ2v) is 11.7. The van der Waals surface area contributed by atoms with E-state index in [0.29, 0.717) is 21.2 Å². The van der Waals surface area contributed by atoms with Crippen LogP contribution < -0.4 is 20.1 Å². The van der Waals surface area contributed by atoms with Crippen LogP contribution in [-0.2, 0) is 10.0 Å². The molecule has 0 aliphatic heterocycles. The van der Waals surface area contributed by atoms with Gasteiger partial charge in [0.15, 0.2) is 0 Å². The molecule has 16 heteroatoms. The molecule has 41 heavy (non-hydrogen) atoms. The predicted octanol–water partition coefficient (Wildman–Crippen LogP) is 5.78. The lowest BCUT2D eigenvalue weighted by Gasteiger charge is -2.10. The van der Waals surface area contributed by atoms with Crippen molar-refractivity contribution < 1.29 is 27.8 Å². The van der Waals surface area contributed by atoms with Gasteiger partial charge in [-0.25, -0.2) is 17.9 Å². The first-order valence-corrected chi connectivity index (χ1v) is 14.3. The maximum absolute atomic E-state index is 12.8. The van der Waals surface area contributed by atoms with E-state index < -0.39 is 37.3 Å². The number of ether oxygens (including phenoxy) is 1. The van der Waals surface area contributed by atoms with E-state index in [1.165, 1.54) is 12.1 Å². The Hall–Kier alpha value is -4.57. The SMILES string of the molecule is O=C(NCCNS(=O)(=O)c1ccc(-c2ccccc2Oc2ccc([N+](=O)[O-])c([N+](=O)[O-])c2)s1)Nc1ccc(Cl)cc1. The number of amides is 2. The number of sulfonamides is 1. The van der Waals surface area contributed by atoms with Crippen molar-refractivity contribution in [1.82, 2.24) is 10.0 Å². The summed E-state index contributed by atoms with van der Waals surface area (Å²) in [7, 11) is -3.91. The minimum Gasteiger partial charge on any atom is -0.456 e. The van der Waals surface area contributed by atoms with Gasteiger partial charge in [0.1, 0.15) is 15.7 Å². The zero-order valence-corrected chi connectivity index (χ0v) is 23.2. The number of hydrogen-bond acceptors (Lipinski definition) is 9. The van der Waals surface area contributed by atoms with E-state index in [2.05, 4.69) is 15.4 Å². The number of halogens is 1. The lowest BCUT2D eigenvalue weighted by atomic mass is 10.1. The number of nitro groups is 2. The minimum absolute atomic E-state index is 0.00610. The van der Waals surface area contributed by atoms with Gasteiger partial charge in [-0.3, -0.25) is 20.2 Å². The molecule has 4 rings (SSSR count). The van der Waals surface area contributed by atoms with Crippen LogP contribution in [0.25, 0.3) is 10.4 Å². The van der Waals surface area contributed by atoms with Gasteiger partial charge in [-0.2, -0.15) is 0 Å². The zero-order chi connectivity index (χ0) is 29.6. The Morgan fingerprint density at radius 3 is 2.32 bits per heavy atom. The third-order valence-corrected chi connectivity index (χ3v) is 8.69. The maximum Gasteiger partial charge on any atom is 0.349 e. The summed E-state index contributed by atoms with van der Waals surface area (Å²) >= 11 is 6.77. The van der Waals surface area contributed by atoms with E-state index in [1.807, 2.05) is 0 Å². The first-order valence-electron chi connectivity index (χ1n) is 11.6. The molecule has 0 saturated carbocycles. The topological polar surface area (TPSA) is 183 Å². The largest absolute Gasteiger partial charge is 0.456 e. The van der Waals surface area contributed by atoms with Gasteiger partial charge < -0.3 is 15.4 Å². The second-order valence-electron chi connectivity index (χ2n) is 8.17. The number of nitro benzene ring substituents is 2. The number of carbonyl (C=O) groups is 1. The van der Waals surface area contributed by atoms with E-state index in [-0.39, 0.29) is 28.8 Å². The van der Waals surface area contributed by atoms with E-state index in [0.717, 1.165) is 23.5 Å². The van der Waals surface area contributed by atoms with Crippen LogP contribution in [0.5, 0.6) is 11.5 Å². The molecular weight excluding hydrogens is 598 g/mol. The summed E-state index contributed by atoms with van der Waals surface area (Å²) in [6.07, 6.45) is 0. The van der Waals surface area contributed by atoms with Crippen molar-refractivity contribution in [2.24, 2.45) is 0 Å². The van der Waals surface area contributed by atoms with Gasteiger partial charge in [0.2, 0.25) is 10.0 Å². The third-order valence-electron chi connectivity index (χ3n) is 5.37. The summed E-state index contributed by atoms with van der Waals surface area (Å²) in [5.74, 6) is 0.249. The molecule has 13 nitrogen and oxygen atoms in total. The Kier molecular flexibility index (Phi) is 9.14. The van der Waals surface area contributed by atoms with Crippen molar-refractivity contribution in [3.8, 4) is 21.9 Å². The summed E-state index contributed by atoms with van der Waals surface area (Å²) in [6, 6.07) is 18.7. The highest BCUT2D eigenvalue weighted by molar-refractivity contribution is 7.91. The average Bonchev–Trinajstić information content (AvgIpc) is 3.44. The third kappa shape index (κ3) is 7.55. The van der Waals surface area contributed by atoms with Crippen LogP contribution in [0.2, 0.25) is 5.02 Å². The van der Waals surface area contributed by atoms with Crippen molar-refractivity contribution >= 4 is 56.1 Å². The van der Waals surface area contributed by atoms with Crippen LogP contribution in [0.15, 0.2) is 83.1 Å². The number of anilines is 1. The standard InChI is InChI=1S/C25H20ClN5O8S2/c26-16-5-7-17(8-6-16)29-25(32)27-13-14-28-41(37,38)24-12-11-23(40-24)19-3-1-2-4-22(19)39-18-9-10-20(30(33)34)21(15-18)31(35)36/h1-12,15,28H,13-14H2,(H2,27,29,32). The first-order chi connectivity index (χ1) is 19.5. The Bertz CT molecular complexity index is 1710. The summed E-state index contributed by atoms with van der Waals surface area (Å²) in [5.41, 5.74) is -0.374. The highest BCUT2D eigenvalue weighted by Crippen LogP contribution is 2.39. The number of carbonyl (C=O) groups excluding carboxylic acids is 1. The predicted molar refractivity (Wildman–Crippen MR) is 153 cm³/mol. The molecule has 0 radical (unpaired) electrons. The second kappa shape index (κ2) is 12.7. The molecule has 0 aliphatic carbocycles. The molecule has 1 aromatic heterocycles. The van der Waals surface area contributed by atoms with Crippen LogP contribution >= 0.6 is 22.9 Å². The molecule has 0 fully saturated rings. The van der Waals surface area contributed by atoms with Gasteiger partial charge in [0, 0.05) is 40.3 Å². The molecule has 0 atom stereocenters. The van der Waals surface area contributed by atoms with Crippen LogP contribution in [0.3, 0.4) is 0 Å². The minimum atomic E-state index is -3.91. The van der Waals surface area contributed by atoms with E-state index in [9.17, 15) is 33.4 Å². The molecule has 0 bridgehead atoms. The van der Waals surface area contributed by atoms with Crippen molar-refractivity contribution in [2.45, 2.75) is 4.21 Å². The molecular formula is C25H20ClN5O8S2. The molecule has 0 unspecified atom stereocenters. The molecule has 0 saturated heterocycles. The lowest BCUT2D eigenvalue weighted by Crippen LogP contribution is -2.36. The number of urea groups is 1. The zero-order valence-electron chi connectivity index (χ0n) is 20.8. The number of nitrogens with one attached hydrogen (secondary N) is 3. The van der Waals surface area contributed by atoms with Crippen molar-refractivity contribution in [3.63, 3.8) is 0 Å². The number of nitrogens with zero attached hydrogens (tertiary/aromatic N) is 2. The number of benzene rings is 3. The first kappa shape index (κ1) is 29.4. The van der Waals surface area contributed by atoms with Crippen molar-refractivity contribution in [1.29, 1.82) is 0 Å². The number of hydrogen-bond donors (Lipinski definition) is 3. The average molecular weight is 618 g/mol. The van der Waals surface area contributed by atoms with Gasteiger partial charge in [-0.1, -0.05) is 23.7 Å². The van der Waals surface area contributed by atoms with Gasteiger partial charge in [0.05, 0.1) is 15.9 Å². The monoisotopic (exact) mass is 617 g/mol. The Balaban J connectivity index is 1.41. The number of thiophene rings is 1. The summed E-state index contributed by atoms with van der Waals surface area (Å²) < 4.78 is 33.9. The Morgan fingerprint density at radius 2 is 1.61 bits per heavy atom. The number of rotatable bonds is 11. The highest BCUT2D eigenvalue weighted by atomic mass is 35.5. The molecule has 212 valence electrons. The van der Waals surface area contributed by atoms with Crippen LogP contribution in [-0.4, -0.2) is 37.4 Å². The summed E-state index contributed by atoms with van der Waals surface area (Å²) in [5, 5.41) is 28.0. The lowest BCUT2D eigenvalue weighted by molar-refractivity contribution is -0.422. The fourth-order valence-corrected chi connectivity index (χ4v) is 6.04. The molecule has 2 amide bonds. The number of para-hydroxylation sites is 1. The van der Waals surface area contributed by atoms with Gasteiger partial charge >= 0.3 is 17.4 Å². The fourth-order valence-electron chi connectivity index (χ4n) is 3.50. The van der Waals surface area contributed by atoms with Crippen LogP contribution in [0.1, 0.15) is 0 Å².